The Labute approximate surface area is 102 Å². The molecule has 5 nitrogen and oxygen atoms in total. The van der Waals surface area contributed by atoms with E-state index in [9.17, 15) is 0 Å². The molecular weight excluding hydrogens is 270 g/mol. The summed E-state index contributed by atoms with van der Waals surface area (Å²) in [6, 6.07) is 3.90. The molecule has 0 aromatic carbocycles. The van der Waals surface area contributed by atoms with Gasteiger partial charge in [-0.15, -0.1) is 5.10 Å². The van der Waals surface area contributed by atoms with Gasteiger partial charge in [0, 0.05) is 10.7 Å². The molecule has 0 saturated heterocycles. The first kappa shape index (κ1) is 11.1. The minimum Gasteiger partial charge on any atom is -0.381 e. The van der Waals surface area contributed by atoms with Crippen LogP contribution < -0.4 is 5.73 Å². The lowest BCUT2D eigenvalue weighted by atomic mass is 10.3. The second-order valence-corrected chi connectivity index (χ2v) is 4.32. The van der Waals surface area contributed by atoms with E-state index in [1.165, 1.54) is 0 Å². The van der Waals surface area contributed by atoms with E-state index >= 15 is 0 Å². The molecular formula is C10H12BrN5. The first-order valence-corrected chi connectivity index (χ1v) is 5.78. The van der Waals surface area contributed by atoms with Crippen molar-refractivity contribution < 1.29 is 0 Å². The van der Waals surface area contributed by atoms with Crippen molar-refractivity contribution in [1.82, 2.24) is 20.0 Å². The molecule has 0 amide bonds. The molecule has 2 aromatic heterocycles. The van der Waals surface area contributed by atoms with E-state index < -0.39 is 0 Å². The molecule has 6 heteroatoms. The molecule has 0 unspecified atom stereocenters. The highest BCUT2D eigenvalue weighted by molar-refractivity contribution is 9.10. The summed E-state index contributed by atoms with van der Waals surface area (Å²) >= 11 is 3.35. The summed E-state index contributed by atoms with van der Waals surface area (Å²) in [4.78, 5) is 4.28. The van der Waals surface area contributed by atoms with Crippen LogP contribution in [0.5, 0.6) is 0 Å². The highest BCUT2D eigenvalue weighted by Gasteiger charge is 2.08. The van der Waals surface area contributed by atoms with Crippen LogP contribution in [0, 0.1) is 0 Å². The van der Waals surface area contributed by atoms with Crippen LogP contribution in [0.2, 0.25) is 0 Å². The van der Waals surface area contributed by atoms with Gasteiger partial charge in [0.15, 0.2) is 5.82 Å². The predicted octanol–water partition coefficient (Wildman–Crippen LogP) is 1.63. The summed E-state index contributed by atoms with van der Waals surface area (Å²) in [5.41, 5.74) is 7.59. The number of hydrogen-bond acceptors (Lipinski definition) is 4. The molecule has 0 fully saturated rings. The standard InChI is InChI=1S/C10H12BrN5/c1-2-9-10(12)14-15-16(9)6-8-4-3-7(11)5-13-8/h3-5H,2,6,12H2,1H3. The van der Waals surface area contributed by atoms with Gasteiger partial charge in [0.2, 0.25) is 0 Å². The number of rotatable bonds is 3. The molecule has 84 valence electrons. The minimum atomic E-state index is 0.500. The predicted molar refractivity (Wildman–Crippen MR) is 64.9 cm³/mol. The number of nitrogen functional groups attached to an aromatic ring is 1. The van der Waals surface area contributed by atoms with Gasteiger partial charge < -0.3 is 5.73 Å². The summed E-state index contributed by atoms with van der Waals surface area (Å²) in [5, 5.41) is 7.85. The van der Waals surface area contributed by atoms with Gasteiger partial charge in [-0.05, 0) is 34.5 Å². The van der Waals surface area contributed by atoms with Crippen LogP contribution in [0.4, 0.5) is 5.82 Å². The lowest BCUT2D eigenvalue weighted by Gasteiger charge is -2.04. The zero-order valence-corrected chi connectivity index (χ0v) is 10.5. The largest absolute Gasteiger partial charge is 0.381 e. The Kier molecular flexibility index (Phi) is 3.19. The maximum atomic E-state index is 5.71. The third kappa shape index (κ3) is 2.21. The van der Waals surface area contributed by atoms with Crippen LogP contribution >= 0.6 is 15.9 Å². The number of nitrogens with two attached hydrogens (primary N) is 1. The Morgan fingerprint density at radius 3 is 2.88 bits per heavy atom. The Hall–Kier alpha value is -1.43. The van der Waals surface area contributed by atoms with Crippen molar-refractivity contribution >= 4 is 21.7 Å². The second kappa shape index (κ2) is 4.61. The summed E-state index contributed by atoms with van der Waals surface area (Å²) < 4.78 is 2.75. The van der Waals surface area contributed by atoms with Gasteiger partial charge in [-0.25, -0.2) is 4.68 Å². The quantitative estimate of drug-likeness (QED) is 0.928. The maximum absolute atomic E-state index is 5.71. The van der Waals surface area contributed by atoms with E-state index in [2.05, 4.69) is 31.2 Å². The lowest BCUT2D eigenvalue weighted by Crippen LogP contribution is -2.07. The first-order valence-electron chi connectivity index (χ1n) is 4.99. The number of nitrogens with zero attached hydrogens (tertiary/aromatic N) is 4. The summed E-state index contributed by atoms with van der Waals surface area (Å²) in [5.74, 6) is 0.500. The Bertz CT molecular complexity index is 476. The van der Waals surface area contributed by atoms with Crippen LogP contribution in [0.1, 0.15) is 18.3 Å². The van der Waals surface area contributed by atoms with E-state index in [-0.39, 0.29) is 0 Å². The van der Waals surface area contributed by atoms with Crippen molar-refractivity contribution in [3.05, 3.63) is 34.2 Å². The number of aromatic nitrogens is 4. The monoisotopic (exact) mass is 281 g/mol. The Balaban J connectivity index is 2.23. The maximum Gasteiger partial charge on any atom is 0.169 e. The number of hydrogen-bond donors (Lipinski definition) is 1. The highest BCUT2D eigenvalue weighted by Crippen LogP contribution is 2.11. The molecule has 2 rings (SSSR count). The molecule has 2 aromatic rings. The Morgan fingerprint density at radius 1 is 1.44 bits per heavy atom. The highest BCUT2D eigenvalue weighted by atomic mass is 79.9. The van der Waals surface area contributed by atoms with Gasteiger partial charge in [-0.1, -0.05) is 12.1 Å². The van der Waals surface area contributed by atoms with Crippen molar-refractivity contribution in [2.75, 3.05) is 5.73 Å². The average Bonchev–Trinajstić information content (AvgIpc) is 2.63. The third-order valence-electron chi connectivity index (χ3n) is 2.30. The summed E-state index contributed by atoms with van der Waals surface area (Å²) in [7, 11) is 0. The van der Waals surface area contributed by atoms with E-state index in [1.807, 2.05) is 19.1 Å². The fraction of sp³-hybridized carbons (Fsp3) is 0.300. The first-order chi connectivity index (χ1) is 7.70. The van der Waals surface area contributed by atoms with Gasteiger partial charge >= 0.3 is 0 Å². The van der Waals surface area contributed by atoms with Gasteiger partial charge in [0.25, 0.3) is 0 Å². The molecule has 0 radical (unpaired) electrons. The number of halogens is 1. The average molecular weight is 282 g/mol. The molecule has 0 aliphatic rings. The lowest BCUT2D eigenvalue weighted by molar-refractivity contribution is 0.612. The van der Waals surface area contributed by atoms with Gasteiger partial charge in [0.1, 0.15) is 0 Å². The van der Waals surface area contributed by atoms with Crippen LogP contribution in [-0.2, 0) is 13.0 Å². The summed E-state index contributed by atoms with van der Waals surface area (Å²) in [6.07, 6.45) is 2.58. The number of anilines is 1. The molecule has 0 atom stereocenters. The third-order valence-corrected chi connectivity index (χ3v) is 2.77. The zero-order valence-electron chi connectivity index (χ0n) is 8.89. The molecule has 0 saturated carbocycles. The molecule has 0 aliphatic heterocycles. The van der Waals surface area contributed by atoms with E-state index in [4.69, 9.17) is 5.73 Å². The van der Waals surface area contributed by atoms with Crippen molar-refractivity contribution in [2.24, 2.45) is 0 Å². The second-order valence-electron chi connectivity index (χ2n) is 3.40. The molecule has 2 heterocycles. The molecule has 16 heavy (non-hydrogen) atoms. The normalized spacial score (nSPS) is 10.6. The van der Waals surface area contributed by atoms with Gasteiger partial charge in [-0.3, -0.25) is 4.98 Å². The topological polar surface area (TPSA) is 69.6 Å². The van der Waals surface area contributed by atoms with E-state index in [0.29, 0.717) is 12.4 Å². The van der Waals surface area contributed by atoms with Crippen molar-refractivity contribution in [3.63, 3.8) is 0 Å². The fourth-order valence-electron chi connectivity index (χ4n) is 1.49. The van der Waals surface area contributed by atoms with Crippen molar-refractivity contribution in [3.8, 4) is 0 Å². The van der Waals surface area contributed by atoms with Crippen LogP contribution in [0.3, 0.4) is 0 Å². The SMILES string of the molecule is CCc1c(N)nnn1Cc1ccc(Br)cn1. The minimum absolute atomic E-state index is 0.500. The molecule has 2 N–H and O–H groups in total. The van der Waals surface area contributed by atoms with Gasteiger partial charge in [0.05, 0.1) is 17.9 Å². The Morgan fingerprint density at radius 2 is 2.25 bits per heavy atom. The molecule has 0 aliphatic carbocycles. The summed E-state index contributed by atoms with van der Waals surface area (Å²) in [6.45, 7) is 2.63. The zero-order chi connectivity index (χ0) is 11.5. The van der Waals surface area contributed by atoms with Crippen LogP contribution in [-0.4, -0.2) is 20.0 Å². The van der Waals surface area contributed by atoms with E-state index in [0.717, 1.165) is 22.3 Å². The van der Waals surface area contributed by atoms with E-state index in [1.54, 1.807) is 10.9 Å². The van der Waals surface area contributed by atoms with Crippen molar-refractivity contribution in [1.29, 1.82) is 0 Å². The fourth-order valence-corrected chi connectivity index (χ4v) is 1.72. The smallest absolute Gasteiger partial charge is 0.169 e. The van der Waals surface area contributed by atoms with Crippen molar-refractivity contribution in [2.45, 2.75) is 19.9 Å². The number of pyridine rings is 1. The molecule has 0 spiro atoms. The molecule has 0 bridgehead atoms. The van der Waals surface area contributed by atoms with Crippen LogP contribution in [0.25, 0.3) is 0 Å². The van der Waals surface area contributed by atoms with Crippen LogP contribution in [0.15, 0.2) is 22.8 Å². The van der Waals surface area contributed by atoms with Gasteiger partial charge in [-0.2, -0.15) is 0 Å².